The molecule has 0 N–H and O–H groups in total. The number of carbonyl (C=O) groups excluding carboxylic acids is 4. The molecule has 0 spiro atoms. The molecule has 0 radical (unpaired) electrons. The summed E-state index contributed by atoms with van der Waals surface area (Å²) in [5.41, 5.74) is 0.821. The van der Waals surface area contributed by atoms with E-state index < -0.39 is 0 Å². The molecule has 1 aromatic carbocycles. The van der Waals surface area contributed by atoms with Gasteiger partial charge in [-0.2, -0.15) is 0 Å². The summed E-state index contributed by atoms with van der Waals surface area (Å²) < 4.78 is 0. The molecule has 39 heavy (non-hydrogen) atoms. The fourth-order valence-corrected chi connectivity index (χ4v) is 8.30. The maximum Gasteiger partial charge on any atom is 0.267 e. The molecule has 9 nitrogen and oxygen atoms in total. The van der Waals surface area contributed by atoms with Crippen molar-refractivity contribution in [3.63, 3.8) is 0 Å². The molecule has 8 atom stereocenters. The third-order valence-electron chi connectivity index (χ3n) is 10.1. The van der Waals surface area contributed by atoms with Crippen molar-refractivity contribution in [2.75, 3.05) is 13.1 Å². The van der Waals surface area contributed by atoms with Crippen LogP contribution in [0, 0.1) is 47.3 Å². The van der Waals surface area contributed by atoms with Gasteiger partial charge < -0.3 is 9.68 Å². The largest absolute Gasteiger partial charge is 0.369 e. The van der Waals surface area contributed by atoms with Crippen LogP contribution in [-0.4, -0.2) is 51.7 Å². The number of likely N-dealkylation sites (tertiary alicyclic amines) is 1. The van der Waals surface area contributed by atoms with Crippen molar-refractivity contribution < 1.29 is 28.9 Å². The summed E-state index contributed by atoms with van der Waals surface area (Å²) in [6.07, 6.45) is 13.3. The van der Waals surface area contributed by atoms with E-state index >= 15 is 0 Å². The van der Waals surface area contributed by atoms with Crippen LogP contribution in [-0.2, 0) is 25.7 Å². The van der Waals surface area contributed by atoms with Crippen molar-refractivity contribution in [1.82, 2.24) is 15.0 Å². The summed E-state index contributed by atoms with van der Waals surface area (Å²) in [6.45, 7) is 2.54. The molecule has 3 saturated heterocycles. The summed E-state index contributed by atoms with van der Waals surface area (Å²) in [5, 5.41) is 1.85. The van der Waals surface area contributed by atoms with E-state index in [1.807, 2.05) is 18.2 Å². The van der Waals surface area contributed by atoms with Crippen molar-refractivity contribution in [3.8, 4) is 11.5 Å². The molecular formula is C30H31N3O6. The summed E-state index contributed by atoms with van der Waals surface area (Å²) in [7, 11) is 0. The molecule has 8 rings (SSSR count). The summed E-state index contributed by atoms with van der Waals surface area (Å²) in [6, 6.07) is 5.16. The van der Waals surface area contributed by atoms with Crippen LogP contribution in [0.25, 0.3) is 0 Å². The van der Waals surface area contributed by atoms with Crippen LogP contribution in [0.3, 0.4) is 0 Å². The Kier molecular flexibility index (Phi) is 5.12. The quantitative estimate of drug-likeness (QED) is 0.317. The van der Waals surface area contributed by atoms with Crippen molar-refractivity contribution in [1.29, 1.82) is 0 Å². The van der Waals surface area contributed by atoms with Gasteiger partial charge >= 0.3 is 0 Å². The van der Waals surface area contributed by atoms with E-state index in [9.17, 15) is 19.2 Å². The normalized spacial score (nSPS) is 37.9. The van der Waals surface area contributed by atoms with Crippen molar-refractivity contribution in [2.45, 2.75) is 38.6 Å². The van der Waals surface area contributed by atoms with Crippen LogP contribution in [0.15, 0.2) is 42.5 Å². The maximum atomic E-state index is 13.3. The summed E-state index contributed by atoms with van der Waals surface area (Å²) in [5.74, 6) is -1.68. The minimum Gasteiger partial charge on any atom is -0.369 e. The molecule has 3 aliphatic heterocycles. The minimum atomic E-state index is -0.360. The number of allylic oxidation sites excluding steroid dienone is 4. The highest BCUT2D eigenvalue weighted by Crippen LogP contribution is 2.54. The van der Waals surface area contributed by atoms with Crippen LogP contribution < -0.4 is 9.68 Å². The average Bonchev–Trinajstić information content (AvgIpc) is 3.79. The monoisotopic (exact) mass is 530 g/mol. The highest BCUT2D eigenvalue weighted by atomic mass is 16.9. The van der Waals surface area contributed by atoms with Gasteiger partial charge in [-0.05, 0) is 68.5 Å². The highest BCUT2D eigenvalue weighted by molar-refractivity contribution is 6.06. The van der Waals surface area contributed by atoms with Gasteiger partial charge in [-0.15, -0.1) is 10.1 Å². The second-order valence-corrected chi connectivity index (χ2v) is 12.2. The molecule has 0 unspecified atom stereocenters. The first kappa shape index (κ1) is 23.4. The molecule has 1 aromatic rings. The second kappa shape index (κ2) is 8.52. The number of amides is 4. The fraction of sp³-hybridized carbons (Fsp3) is 0.533. The molecule has 7 aliphatic rings. The van der Waals surface area contributed by atoms with Gasteiger partial charge in [0.05, 0.1) is 23.7 Å². The first-order chi connectivity index (χ1) is 19.0. The number of carbonyl (C=O) groups is 4. The lowest BCUT2D eigenvalue weighted by Gasteiger charge is -2.28. The first-order valence-electron chi connectivity index (χ1n) is 14.3. The van der Waals surface area contributed by atoms with E-state index in [-0.39, 0.29) is 76.7 Å². The van der Waals surface area contributed by atoms with Gasteiger partial charge in [0.15, 0.2) is 11.5 Å². The second-order valence-electron chi connectivity index (χ2n) is 12.2. The molecule has 4 amide bonds. The first-order valence-corrected chi connectivity index (χ1v) is 14.3. The zero-order valence-electron chi connectivity index (χ0n) is 21.6. The Labute approximate surface area is 226 Å². The third-order valence-corrected chi connectivity index (χ3v) is 10.1. The minimum absolute atomic E-state index is 0.0870. The Hall–Kier alpha value is -3.46. The van der Waals surface area contributed by atoms with E-state index in [4.69, 9.17) is 9.68 Å². The summed E-state index contributed by atoms with van der Waals surface area (Å²) >= 11 is 0. The predicted molar refractivity (Wildman–Crippen MR) is 136 cm³/mol. The van der Waals surface area contributed by atoms with E-state index in [0.29, 0.717) is 12.3 Å². The Morgan fingerprint density at radius 2 is 1.13 bits per heavy atom. The number of nitrogens with zero attached hydrogens (tertiary/aromatic N) is 3. The fourth-order valence-electron chi connectivity index (χ4n) is 8.30. The molecule has 9 heteroatoms. The van der Waals surface area contributed by atoms with Gasteiger partial charge in [-0.1, -0.05) is 36.8 Å². The van der Waals surface area contributed by atoms with Crippen LogP contribution in [0.5, 0.6) is 11.5 Å². The van der Waals surface area contributed by atoms with Gasteiger partial charge in [0.1, 0.15) is 0 Å². The van der Waals surface area contributed by atoms with Crippen LogP contribution in [0.4, 0.5) is 0 Å². The third kappa shape index (κ3) is 3.41. The van der Waals surface area contributed by atoms with Gasteiger partial charge in [0.25, 0.3) is 23.6 Å². The standard InChI is InChI=1S/C30H31N3O6/c34-27-23-16-4-5-17(12-16)24(23)28(35)32(27)38-21-9-8-20(15-31-10-2-1-3-11-31)22(14-21)39-33-29(36)25-18-6-7-19(13-18)26(25)30(33)37/h4-9,14,16-19,23-26H,1-3,10-13,15H2/t16-,17+,18-,19+,23-,24+,25-,26+/i32+1. The lowest BCUT2D eigenvalue weighted by molar-refractivity contribution is -0.167. The number of hydrogen-bond acceptors (Lipinski definition) is 7. The van der Waals surface area contributed by atoms with Crippen molar-refractivity contribution in [3.05, 3.63) is 48.1 Å². The predicted octanol–water partition coefficient (Wildman–Crippen LogP) is 2.87. The number of piperidine rings is 1. The van der Waals surface area contributed by atoms with Gasteiger partial charge in [-0.3, -0.25) is 24.1 Å². The Morgan fingerprint density at radius 3 is 1.64 bits per heavy atom. The van der Waals surface area contributed by atoms with E-state index in [0.717, 1.165) is 54.5 Å². The number of benzene rings is 1. The molecule has 5 fully saturated rings. The molecule has 4 bridgehead atoms. The maximum absolute atomic E-state index is 13.3. The molecular weight excluding hydrogens is 499 g/mol. The molecule has 202 valence electrons. The lowest BCUT2D eigenvalue weighted by atomic mass is 9.85. The van der Waals surface area contributed by atoms with E-state index in [1.165, 1.54) is 6.42 Å². The molecule has 4 aliphatic carbocycles. The Morgan fingerprint density at radius 1 is 0.641 bits per heavy atom. The number of hydrogen-bond donors (Lipinski definition) is 0. The highest BCUT2D eigenvalue weighted by Gasteiger charge is 2.62. The average molecular weight is 531 g/mol. The lowest BCUT2D eigenvalue weighted by Crippen LogP contribution is -2.37. The number of imide groups is 2. The number of fused-ring (bicyclic) bond motifs is 10. The van der Waals surface area contributed by atoms with Gasteiger partial charge in [0, 0.05) is 18.2 Å². The molecule has 3 heterocycles. The Bertz CT molecular complexity index is 1290. The van der Waals surface area contributed by atoms with Crippen molar-refractivity contribution in [2.24, 2.45) is 47.3 Å². The van der Waals surface area contributed by atoms with E-state index in [1.54, 1.807) is 12.1 Å². The van der Waals surface area contributed by atoms with Crippen LogP contribution in [0.1, 0.15) is 37.7 Å². The molecule has 2 saturated carbocycles. The molecule has 0 aromatic heterocycles. The zero-order valence-corrected chi connectivity index (χ0v) is 21.6. The number of rotatable bonds is 6. The zero-order chi connectivity index (χ0) is 26.4. The van der Waals surface area contributed by atoms with E-state index in [2.05, 4.69) is 17.1 Å². The Balaban J connectivity index is 1.07. The van der Waals surface area contributed by atoms with Crippen LogP contribution in [0.2, 0.25) is 0 Å². The van der Waals surface area contributed by atoms with Crippen molar-refractivity contribution >= 4 is 23.6 Å². The van der Waals surface area contributed by atoms with Gasteiger partial charge in [0.2, 0.25) is 0 Å². The SMILES string of the molecule is O=C1[C@@H]2[C@H](C(=O)N1Oc1cc(O[15N]3C(=O)[C@@H]4[C@H](C3=O)[C@@H]3C=C[C@H]4C3)ccc1CN1CCCCC1)[C@@H]1C=C[C@H]2C1. The summed E-state index contributed by atoms with van der Waals surface area (Å²) in [4.78, 5) is 67.3. The van der Waals surface area contributed by atoms with Crippen LogP contribution >= 0.6 is 0 Å². The topological polar surface area (TPSA) is 96.5 Å². The smallest absolute Gasteiger partial charge is 0.267 e. The van der Waals surface area contributed by atoms with Gasteiger partial charge in [-0.25, -0.2) is 0 Å². The number of hydroxylamine groups is 4.